The van der Waals surface area contributed by atoms with Gasteiger partial charge in [0.15, 0.2) is 0 Å². The minimum atomic E-state index is -1.25. The molecule has 6 aromatic carbocycles. The number of carboxylic acids is 4. The van der Waals surface area contributed by atoms with Crippen molar-refractivity contribution in [3.63, 3.8) is 0 Å². The standard InChI is InChI=1S/C12H11NO3.C12H12O5.C11H11BrO3.C11H12O3.C9H8O5.C8H8O3/c1-12(2)15-10-7-8(5-6-13)3-4-9(10)11(14)16-12;1-12(2)16-9-5-7(6-10(13)14)3-4-8(9)11(15)17-12;1-11(2)14-9-5-7(6-12)3-4-8(9)10(13)15-11;1-7-4-5-8-9(6-7)13-11(2,3)14-10(8)12;10-7-3-5(4-8(11)12)1-2-6(7)9(13)14;1-5-2-3-6(8(10)11)7(9)4-5/h3-4,7H,5H2,1-2H3;3-5H,6H2,1-2H3,(H,13,14);3-5H,6H2,1-2H3;4-6H,1-3H3;1-3,10H,4H2,(H,11,12)(H,13,14);2-4,9H,1H3,(H,10,11). The monoisotopic (exact) mass is 1260 g/mol. The molecule has 0 spiro atoms. The van der Waals surface area contributed by atoms with Gasteiger partial charge in [-0.3, -0.25) is 9.59 Å². The first-order valence-electron chi connectivity index (χ1n) is 26.1. The number of rotatable bonds is 8. The number of aryl methyl sites for hydroxylation is 2. The van der Waals surface area contributed by atoms with Crippen molar-refractivity contribution in [3.05, 3.63) is 176 Å². The Balaban J connectivity index is 0.000000191. The number of fused-ring (bicyclic) bond motifs is 4. The Hall–Kier alpha value is -10.2. The predicted octanol–water partition coefficient (Wildman–Crippen LogP) is 10.9. The van der Waals surface area contributed by atoms with E-state index < -0.39 is 64.7 Å². The van der Waals surface area contributed by atoms with Gasteiger partial charge in [0.25, 0.3) is 0 Å². The van der Waals surface area contributed by atoms with Crippen LogP contribution < -0.4 is 18.9 Å². The number of carbonyl (C=O) groups is 8. The largest absolute Gasteiger partial charge is 0.507 e. The van der Waals surface area contributed by atoms with Gasteiger partial charge in [-0.25, -0.2) is 28.8 Å². The number of nitriles is 1. The van der Waals surface area contributed by atoms with E-state index in [2.05, 4.69) is 22.0 Å². The van der Waals surface area contributed by atoms with Gasteiger partial charge in [0, 0.05) is 60.7 Å². The molecule has 0 saturated heterocycles. The van der Waals surface area contributed by atoms with Crippen LogP contribution in [-0.4, -0.2) is 102 Å². The third-order valence-corrected chi connectivity index (χ3v) is 12.4. The SMILES string of the molecule is CC1(C)OC(=O)c2ccc(CBr)cc2O1.CC1(C)OC(=O)c2ccc(CC#N)cc2O1.CC1(C)OC(=O)c2ccc(CC(=O)O)cc2O1.Cc1ccc(C(=O)O)c(O)c1.Cc1ccc2c(c1)OC(C)(C)OC2=O.O=C(O)Cc1ccc(C(=O)O)c(O)c1. The second-order valence-electron chi connectivity index (χ2n) is 21.1. The Morgan fingerprint density at radius 1 is 0.425 bits per heavy atom. The molecule has 0 aromatic heterocycles. The van der Waals surface area contributed by atoms with Crippen LogP contribution in [0.4, 0.5) is 0 Å². The van der Waals surface area contributed by atoms with Crippen molar-refractivity contribution in [1.82, 2.24) is 0 Å². The minimum Gasteiger partial charge on any atom is -0.507 e. The van der Waals surface area contributed by atoms with E-state index in [0.717, 1.165) is 33.7 Å². The van der Waals surface area contributed by atoms with E-state index in [4.69, 9.17) is 68.7 Å². The summed E-state index contributed by atoms with van der Waals surface area (Å²) in [6, 6.07) is 30.8. The topological polar surface area (TPSA) is 356 Å². The van der Waals surface area contributed by atoms with Crippen LogP contribution in [0.2, 0.25) is 0 Å². The zero-order chi connectivity index (χ0) is 64.9. The molecular weight excluding hydrogens is 1200 g/mol. The summed E-state index contributed by atoms with van der Waals surface area (Å²) in [6.45, 7) is 17.2. The van der Waals surface area contributed by atoms with Crippen molar-refractivity contribution in [3.8, 4) is 40.6 Å². The first kappa shape index (κ1) is 67.6. The van der Waals surface area contributed by atoms with Crippen molar-refractivity contribution >= 4 is 63.7 Å². The molecule has 6 N–H and O–H groups in total. The predicted molar refractivity (Wildman–Crippen MR) is 310 cm³/mol. The van der Waals surface area contributed by atoms with Gasteiger partial charge in [0.05, 0.1) is 25.3 Å². The molecule has 4 heterocycles. The van der Waals surface area contributed by atoms with Crippen LogP contribution in [0.25, 0.3) is 0 Å². The summed E-state index contributed by atoms with van der Waals surface area (Å²) in [5.41, 5.74) is 6.15. The molecule has 0 atom stereocenters. The number of phenols is 2. The summed E-state index contributed by atoms with van der Waals surface area (Å²) in [7, 11) is 0. The van der Waals surface area contributed by atoms with Gasteiger partial charge in [0.2, 0.25) is 23.1 Å². The van der Waals surface area contributed by atoms with Crippen molar-refractivity contribution in [1.29, 1.82) is 5.26 Å². The average Bonchev–Trinajstić information content (AvgIpc) is 1.35. The number of esters is 4. The fraction of sp³-hybridized carbons (Fsp3) is 0.286. The molecule has 4 aliphatic heterocycles. The van der Waals surface area contributed by atoms with Crippen molar-refractivity contribution in [2.45, 2.75) is 117 Å². The molecule has 0 saturated carbocycles. The Labute approximate surface area is 507 Å². The molecule has 23 nitrogen and oxygen atoms in total. The lowest BCUT2D eigenvalue weighted by molar-refractivity contribution is -0.137. The normalized spacial score (nSPS) is 15.1. The van der Waals surface area contributed by atoms with Gasteiger partial charge >= 0.3 is 47.8 Å². The summed E-state index contributed by atoms with van der Waals surface area (Å²) in [5.74, 6) is -8.10. The van der Waals surface area contributed by atoms with Crippen LogP contribution in [0.5, 0.6) is 34.5 Å². The van der Waals surface area contributed by atoms with Gasteiger partial charge in [-0.15, -0.1) is 0 Å². The van der Waals surface area contributed by atoms with E-state index in [1.165, 1.54) is 30.3 Å². The maximum atomic E-state index is 11.6. The fourth-order valence-corrected chi connectivity index (χ4v) is 8.38. The first-order chi connectivity index (χ1) is 40.5. The third-order valence-electron chi connectivity index (χ3n) is 11.8. The fourth-order valence-electron chi connectivity index (χ4n) is 8.03. The van der Waals surface area contributed by atoms with E-state index in [1.54, 1.807) is 111 Å². The van der Waals surface area contributed by atoms with Crippen LogP contribution in [0.1, 0.15) is 151 Å². The van der Waals surface area contributed by atoms with Gasteiger partial charge in [-0.05, 0) is 120 Å². The number of cyclic esters (lactones) is 4. The molecule has 0 unspecified atom stereocenters. The molecule has 0 aliphatic carbocycles. The Morgan fingerprint density at radius 3 is 1.09 bits per heavy atom. The van der Waals surface area contributed by atoms with Crippen LogP contribution in [0, 0.1) is 25.2 Å². The molecule has 4 aliphatic rings. The lowest BCUT2D eigenvalue weighted by atomic mass is 10.1. The summed E-state index contributed by atoms with van der Waals surface area (Å²) in [5, 5.41) is 61.8. The number of halogens is 1. The maximum absolute atomic E-state index is 11.6. The second-order valence-corrected chi connectivity index (χ2v) is 21.7. The highest BCUT2D eigenvalue weighted by atomic mass is 79.9. The Morgan fingerprint density at radius 2 is 0.724 bits per heavy atom. The van der Waals surface area contributed by atoms with E-state index in [-0.39, 0.29) is 41.7 Å². The summed E-state index contributed by atoms with van der Waals surface area (Å²) in [6.07, 6.45) is -0.0499. The summed E-state index contributed by atoms with van der Waals surface area (Å²) >= 11 is 3.36. The van der Waals surface area contributed by atoms with Crippen LogP contribution in [-0.2, 0) is 53.1 Å². The van der Waals surface area contributed by atoms with E-state index >= 15 is 0 Å². The minimum absolute atomic E-state index is 0.0596. The number of carbonyl (C=O) groups excluding carboxylic acids is 4. The Kier molecular flexibility index (Phi) is 21.9. The molecule has 10 rings (SSSR count). The highest BCUT2D eigenvalue weighted by Crippen LogP contribution is 2.36. The molecule has 6 aromatic rings. The Bertz CT molecular complexity index is 3690. The average molecular weight is 1270 g/mol. The second kappa shape index (κ2) is 28.2. The number of benzene rings is 6. The number of aromatic hydroxyl groups is 2. The molecule has 24 heteroatoms. The highest BCUT2D eigenvalue weighted by molar-refractivity contribution is 9.08. The molecule has 458 valence electrons. The number of nitrogens with zero attached hydrogens (tertiary/aromatic N) is 1. The smallest absolute Gasteiger partial charge is 0.345 e. The van der Waals surface area contributed by atoms with Gasteiger partial charge in [-0.1, -0.05) is 52.3 Å². The van der Waals surface area contributed by atoms with Gasteiger partial charge in [0.1, 0.15) is 67.9 Å². The van der Waals surface area contributed by atoms with Crippen molar-refractivity contribution in [2.24, 2.45) is 0 Å². The molecule has 0 bridgehead atoms. The zero-order valence-electron chi connectivity index (χ0n) is 48.8. The number of aromatic carboxylic acids is 2. The number of ether oxygens (including phenoxy) is 8. The van der Waals surface area contributed by atoms with Gasteiger partial charge in [-0.2, -0.15) is 5.26 Å². The van der Waals surface area contributed by atoms with Crippen LogP contribution >= 0.6 is 15.9 Å². The number of hydrogen-bond acceptors (Lipinski definition) is 19. The number of carboxylic acid groups (broad SMARTS) is 4. The zero-order valence-corrected chi connectivity index (χ0v) is 50.3. The highest BCUT2D eigenvalue weighted by Gasteiger charge is 2.37. The maximum Gasteiger partial charge on any atom is 0.345 e. The number of alkyl halides is 1. The van der Waals surface area contributed by atoms with Crippen LogP contribution in [0.15, 0.2) is 109 Å². The summed E-state index contributed by atoms with van der Waals surface area (Å²) in [4.78, 5) is 88.1. The van der Waals surface area contributed by atoms with Crippen molar-refractivity contribution < 1.29 is 107 Å². The quantitative estimate of drug-likeness (QED) is 0.0468. The van der Waals surface area contributed by atoms with Gasteiger partial charge < -0.3 is 68.5 Å². The van der Waals surface area contributed by atoms with E-state index in [1.807, 2.05) is 31.2 Å². The summed E-state index contributed by atoms with van der Waals surface area (Å²) < 4.78 is 42.4. The first-order valence-corrected chi connectivity index (χ1v) is 27.3. The lowest BCUT2D eigenvalue weighted by Gasteiger charge is -2.31. The molecule has 0 radical (unpaired) electrons. The molecule has 0 fully saturated rings. The van der Waals surface area contributed by atoms with E-state index in [9.17, 15) is 43.5 Å². The third kappa shape index (κ3) is 19.7. The molecular formula is C63H62BrNO22. The lowest BCUT2D eigenvalue weighted by Crippen LogP contribution is -2.38. The van der Waals surface area contributed by atoms with Crippen LogP contribution in [0.3, 0.4) is 0 Å². The van der Waals surface area contributed by atoms with Crippen molar-refractivity contribution in [2.75, 3.05) is 0 Å². The van der Waals surface area contributed by atoms with E-state index in [0.29, 0.717) is 62.8 Å². The molecule has 0 amide bonds. The number of hydrogen-bond donors (Lipinski definition) is 6. The molecule has 87 heavy (non-hydrogen) atoms. The number of aliphatic carboxylic acids is 2.